The van der Waals surface area contributed by atoms with Gasteiger partial charge in [0.1, 0.15) is 17.1 Å². The lowest BCUT2D eigenvalue weighted by Crippen LogP contribution is -2.21. The molecule has 0 radical (unpaired) electrons. The number of hydrogen-bond acceptors (Lipinski definition) is 5. The van der Waals surface area contributed by atoms with Crippen LogP contribution in [0.15, 0.2) is 42.5 Å². The minimum atomic E-state index is -4.46. The summed E-state index contributed by atoms with van der Waals surface area (Å²) in [5.41, 5.74) is -0.626. The Morgan fingerprint density at radius 1 is 1.00 bits per heavy atom. The van der Waals surface area contributed by atoms with Crippen LogP contribution in [0.3, 0.4) is 0 Å². The lowest BCUT2D eigenvalue weighted by molar-refractivity contribution is -0.137. The average molecular weight is 383 g/mol. The fraction of sp³-hybridized carbons (Fsp3) is 0.222. The number of halogens is 3. The van der Waals surface area contributed by atoms with Crippen molar-refractivity contribution in [1.82, 2.24) is 0 Å². The Morgan fingerprint density at radius 2 is 1.67 bits per heavy atom. The van der Waals surface area contributed by atoms with Gasteiger partial charge in [0.2, 0.25) is 0 Å². The molecule has 2 rings (SSSR count). The summed E-state index contributed by atoms with van der Waals surface area (Å²) in [4.78, 5) is 24.0. The molecule has 0 spiro atoms. The van der Waals surface area contributed by atoms with Crippen molar-refractivity contribution in [3.8, 4) is 11.5 Å². The van der Waals surface area contributed by atoms with Crippen LogP contribution < -0.4 is 14.8 Å². The average Bonchev–Trinajstić information content (AvgIpc) is 2.65. The fourth-order valence-corrected chi connectivity index (χ4v) is 2.12. The summed E-state index contributed by atoms with van der Waals surface area (Å²) in [6, 6.07) is 8.38. The van der Waals surface area contributed by atoms with Crippen molar-refractivity contribution in [2.24, 2.45) is 0 Å². The highest BCUT2D eigenvalue weighted by Gasteiger charge is 2.30. The van der Waals surface area contributed by atoms with Crippen LogP contribution in [0.4, 0.5) is 18.9 Å². The van der Waals surface area contributed by atoms with Crippen LogP contribution in [0.1, 0.15) is 15.9 Å². The monoisotopic (exact) mass is 383 g/mol. The molecule has 2 aromatic rings. The van der Waals surface area contributed by atoms with Crippen molar-refractivity contribution in [2.45, 2.75) is 6.18 Å². The van der Waals surface area contributed by atoms with Crippen LogP contribution in [0.2, 0.25) is 0 Å². The minimum absolute atomic E-state index is 0.0687. The molecule has 27 heavy (non-hydrogen) atoms. The van der Waals surface area contributed by atoms with Gasteiger partial charge in [0, 0.05) is 5.69 Å². The highest BCUT2D eigenvalue weighted by molar-refractivity contribution is 5.97. The lowest BCUT2D eigenvalue weighted by Gasteiger charge is -2.11. The molecule has 0 unspecified atom stereocenters. The van der Waals surface area contributed by atoms with Gasteiger partial charge in [-0.15, -0.1) is 0 Å². The van der Waals surface area contributed by atoms with E-state index in [0.717, 1.165) is 24.3 Å². The van der Waals surface area contributed by atoms with E-state index in [1.54, 1.807) is 6.07 Å². The third kappa shape index (κ3) is 5.37. The predicted molar refractivity (Wildman–Crippen MR) is 89.9 cm³/mol. The Morgan fingerprint density at radius 3 is 2.22 bits per heavy atom. The molecule has 0 aromatic heterocycles. The number of carbonyl (C=O) groups excluding carboxylic acids is 2. The van der Waals surface area contributed by atoms with Gasteiger partial charge in [-0.3, -0.25) is 4.79 Å². The SMILES string of the molecule is COc1ccc(OC)c(C(=O)OCC(=O)Nc2ccc(C(F)(F)F)cc2)c1. The second-order valence-electron chi connectivity index (χ2n) is 5.27. The molecule has 0 aliphatic heterocycles. The van der Waals surface area contributed by atoms with E-state index in [1.807, 2.05) is 0 Å². The molecule has 1 N–H and O–H groups in total. The molecule has 9 heteroatoms. The number of ether oxygens (including phenoxy) is 3. The Labute approximate surface area is 152 Å². The highest BCUT2D eigenvalue weighted by Crippen LogP contribution is 2.29. The van der Waals surface area contributed by atoms with Crippen LogP contribution in [-0.2, 0) is 15.7 Å². The van der Waals surface area contributed by atoms with E-state index in [-0.39, 0.29) is 17.0 Å². The van der Waals surface area contributed by atoms with Crippen LogP contribution in [0.5, 0.6) is 11.5 Å². The summed E-state index contributed by atoms with van der Waals surface area (Å²) in [5, 5.41) is 2.34. The molecule has 0 aliphatic carbocycles. The molecule has 0 bridgehead atoms. The maximum Gasteiger partial charge on any atom is 0.416 e. The van der Waals surface area contributed by atoms with Gasteiger partial charge in [-0.05, 0) is 42.5 Å². The number of methoxy groups -OCH3 is 2. The van der Waals surface area contributed by atoms with Crippen LogP contribution >= 0.6 is 0 Å². The van der Waals surface area contributed by atoms with Gasteiger partial charge in [0.05, 0.1) is 19.8 Å². The van der Waals surface area contributed by atoms with Crippen molar-refractivity contribution in [3.05, 3.63) is 53.6 Å². The number of esters is 1. The van der Waals surface area contributed by atoms with Crippen molar-refractivity contribution >= 4 is 17.6 Å². The fourth-order valence-electron chi connectivity index (χ4n) is 2.12. The van der Waals surface area contributed by atoms with E-state index in [4.69, 9.17) is 14.2 Å². The summed E-state index contributed by atoms with van der Waals surface area (Å²) in [6.07, 6.45) is -4.46. The van der Waals surface area contributed by atoms with E-state index >= 15 is 0 Å². The Kier molecular flexibility index (Phi) is 6.27. The van der Waals surface area contributed by atoms with Crippen LogP contribution in [0.25, 0.3) is 0 Å². The lowest BCUT2D eigenvalue weighted by atomic mass is 10.2. The number of rotatable bonds is 6. The van der Waals surface area contributed by atoms with Gasteiger partial charge in [0.25, 0.3) is 5.91 Å². The van der Waals surface area contributed by atoms with Gasteiger partial charge >= 0.3 is 12.1 Å². The molecule has 0 heterocycles. The number of amides is 1. The topological polar surface area (TPSA) is 73.9 Å². The third-order valence-electron chi connectivity index (χ3n) is 3.46. The molecule has 1 amide bonds. The summed E-state index contributed by atoms with van der Waals surface area (Å²) in [5.74, 6) is -0.876. The summed E-state index contributed by atoms with van der Waals surface area (Å²) < 4.78 is 52.5. The molecular formula is C18H16F3NO5. The zero-order valence-corrected chi connectivity index (χ0v) is 14.4. The van der Waals surface area contributed by atoms with E-state index in [2.05, 4.69) is 5.32 Å². The number of anilines is 1. The number of alkyl halides is 3. The zero-order chi connectivity index (χ0) is 20.0. The van der Waals surface area contributed by atoms with Gasteiger partial charge in [-0.2, -0.15) is 13.2 Å². The molecule has 0 atom stereocenters. The van der Waals surface area contributed by atoms with E-state index in [9.17, 15) is 22.8 Å². The van der Waals surface area contributed by atoms with Crippen molar-refractivity contribution in [3.63, 3.8) is 0 Å². The second-order valence-corrected chi connectivity index (χ2v) is 5.27. The van der Waals surface area contributed by atoms with Gasteiger partial charge in [-0.1, -0.05) is 0 Å². The highest BCUT2D eigenvalue weighted by atomic mass is 19.4. The molecule has 0 aliphatic rings. The van der Waals surface area contributed by atoms with E-state index in [1.165, 1.54) is 26.4 Å². The largest absolute Gasteiger partial charge is 0.497 e. The quantitative estimate of drug-likeness (QED) is 0.773. The molecule has 2 aromatic carbocycles. The summed E-state index contributed by atoms with van der Waals surface area (Å²) >= 11 is 0. The zero-order valence-electron chi connectivity index (χ0n) is 14.4. The first-order valence-corrected chi connectivity index (χ1v) is 7.61. The molecule has 144 valence electrons. The molecule has 6 nitrogen and oxygen atoms in total. The molecular weight excluding hydrogens is 367 g/mol. The number of benzene rings is 2. The molecule has 0 saturated carbocycles. The maximum atomic E-state index is 12.5. The van der Waals surface area contributed by atoms with Gasteiger partial charge in [-0.25, -0.2) is 4.79 Å². The van der Waals surface area contributed by atoms with Crippen molar-refractivity contribution in [2.75, 3.05) is 26.1 Å². The van der Waals surface area contributed by atoms with Crippen LogP contribution in [0, 0.1) is 0 Å². The second kappa shape index (κ2) is 8.43. The number of carbonyl (C=O) groups is 2. The van der Waals surface area contributed by atoms with Crippen molar-refractivity contribution < 1.29 is 37.0 Å². The van der Waals surface area contributed by atoms with E-state index < -0.39 is 30.2 Å². The first-order chi connectivity index (χ1) is 12.7. The van der Waals surface area contributed by atoms with E-state index in [0.29, 0.717) is 5.75 Å². The Hall–Kier alpha value is -3.23. The number of nitrogens with one attached hydrogen (secondary N) is 1. The van der Waals surface area contributed by atoms with Gasteiger partial charge < -0.3 is 19.5 Å². The standard InChI is InChI=1S/C18H16F3NO5/c1-25-13-7-8-15(26-2)14(9-13)17(24)27-10-16(23)22-12-5-3-11(4-6-12)18(19,20)21/h3-9H,10H2,1-2H3,(H,22,23). The summed E-state index contributed by atoms with van der Waals surface area (Å²) in [6.45, 7) is -0.625. The predicted octanol–water partition coefficient (Wildman–Crippen LogP) is 3.52. The molecule has 0 fully saturated rings. The smallest absolute Gasteiger partial charge is 0.416 e. The van der Waals surface area contributed by atoms with Crippen LogP contribution in [-0.4, -0.2) is 32.7 Å². The molecule has 0 saturated heterocycles. The first kappa shape index (κ1) is 20.1. The normalized spacial score (nSPS) is 10.9. The number of hydrogen-bond donors (Lipinski definition) is 1. The minimum Gasteiger partial charge on any atom is -0.497 e. The Bertz CT molecular complexity index is 819. The van der Waals surface area contributed by atoms with Gasteiger partial charge in [0.15, 0.2) is 6.61 Å². The maximum absolute atomic E-state index is 12.5. The third-order valence-corrected chi connectivity index (χ3v) is 3.46. The van der Waals surface area contributed by atoms with Crippen molar-refractivity contribution in [1.29, 1.82) is 0 Å². The summed E-state index contributed by atoms with van der Waals surface area (Å²) in [7, 11) is 2.80. The Balaban J connectivity index is 1.96. The first-order valence-electron chi connectivity index (χ1n) is 7.61.